The van der Waals surface area contributed by atoms with Crippen LogP contribution in [-0.4, -0.2) is 43.2 Å². The summed E-state index contributed by atoms with van der Waals surface area (Å²) in [5.74, 6) is 1.35. The molecule has 1 aliphatic heterocycles. The number of hydrogen-bond donors (Lipinski definition) is 1. The summed E-state index contributed by atoms with van der Waals surface area (Å²) < 4.78 is 11.4. The Morgan fingerprint density at radius 1 is 1.28 bits per heavy atom. The molecule has 1 unspecified atom stereocenters. The standard InChI is InChI=1S/C19H30N2O3.ClH/c1-5-11-24-15-8-7-14(12-16(15)23-6-2)18(22)21-10-9-17(20)19(3,4)13-21;/h7-8,12,17H,5-6,9-11,13,20H2,1-4H3;1H. The molecule has 0 radical (unpaired) electrons. The Kier molecular flexibility index (Phi) is 8.03. The molecule has 5 nitrogen and oxygen atoms in total. The first-order chi connectivity index (χ1) is 11.4. The van der Waals surface area contributed by atoms with E-state index < -0.39 is 0 Å². The minimum Gasteiger partial charge on any atom is -0.490 e. The second-order valence-electron chi connectivity index (χ2n) is 7.05. The SMILES string of the molecule is CCCOc1ccc(C(=O)N2CCC(N)C(C)(C)C2)cc1OCC.Cl. The van der Waals surface area contributed by atoms with Crippen LogP contribution < -0.4 is 15.2 Å². The van der Waals surface area contributed by atoms with E-state index in [1.807, 2.05) is 24.0 Å². The zero-order valence-electron chi connectivity index (χ0n) is 15.7. The van der Waals surface area contributed by atoms with Crippen LogP contribution in [0.15, 0.2) is 18.2 Å². The minimum atomic E-state index is -0.0686. The van der Waals surface area contributed by atoms with Crippen molar-refractivity contribution in [3.63, 3.8) is 0 Å². The van der Waals surface area contributed by atoms with Crippen molar-refractivity contribution in [2.24, 2.45) is 11.1 Å². The monoisotopic (exact) mass is 370 g/mol. The predicted molar refractivity (Wildman–Crippen MR) is 103 cm³/mol. The molecule has 1 fully saturated rings. The van der Waals surface area contributed by atoms with Gasteiger partial charge in [0.1, 0.15) is 0 Å². The van der Waals surface area contributed by atoms with E-state index in [4.69, 9.17) is 15.2 Å². The maximum Gasteiger partial charge on any atom is 0.254 e. The molecule has 1 aromatic rings. The lowest BCUT2D eigenvalue weighted by Gasteiger charge is -2.42. The van der Waals surface area contributed by atoms with E-state index in [1.165, 1.54) is 0 Å². The van der Waals surface area contributed by atoms with Crippen LogP contribution in [0.2, 0.25) is 0 Å². The van der Waals surface area contributed by atoms with Crippen molar-refractivity contribution in [2.45, 2.75) is 46.6 Å². The van der Waals surface area contributed by atoms with Gasteiger partial charge in [-0.25, -0.2) is 0 Å². The van der Waals surface area contributed by atoms with E-state index in [0.717, 1.165) is 12.8 Å². The van der Waals surface area contributed by atoms with Crippen LogP contribution in [0.1, 0.15) is 50.9 Å². The van der Waals surface area contributed by atoms with E-state index in [-0.39, 0.29) is 29.8 Å². The summed E-state index contributed by atoms with van der Waals surface area (Å²) in [5, 5.41) is 0. The lowest BCUT2D eigenvalue weighted by molar-refractivity contribution is 0.0532. The first-order valence-electron chi connectivity index (χ1n) is 8.83. The highest BCUT2D eigenvalue weighted by atomic mass is 35.5. The van der Waals surface area contributed by atoms with Gasteiger partial charge in [-0.15, -0.1) is 12.4 Å². The van der Waals surface area contributed by atoms with Crippen molar-refractivity contribution in [1.29, 1.82) is 0 Å². The van der Waals surface area contributed by atoms with Crippen LogP contribution in [0, 0.1) is 5.41 Å². The number of rotatable bonds is 6. The summed E-state index contributed by atoms with van der Waals surface area (Å²) in [6.45, 7) is 10.7. The van der Waals surface area contributed by atoms with Gasteiger partial charge < -0.3 is 20.1 Å². The lowest BCUT2D eigenvalue weighted by atomic mass is 9.79. The predicted octanol–water partition coefficient (Wildman–Crippen LogP) is 3.50. The third-order valence-electron chi connectivity index (χ3n) is 4.55. The number of ether oxygens (including phenoxy) is 2. The van der Waals surface area contributed by atoms with Crippen LogP contribution in [0.5, 0.6) is 11.5 Å². The molecule has 1 aromatic carbocycles. The number of piperidine rings is 1. The number of likely N-dealkylation sites (tertiary alicyclic amines) is 1. The summed E-state index contributed by atoms with van der Waals surface area (Å²) in [6.07, 6.45) is 1.75. The van der Waals surface area contributed by atoms with Gasteiger partial charge in [-0.05, 0) is 43.4 Å². The van der Waals surface area contributed by atoms with Crippen molar-refractivity contribution in [1.82, 2.24) is 4.90 Å². The molecule has 1 heterocycles. The Labute approximate surface area is 157 Å². The van der Waals surface area contributed by atoms with Gasteiger partial charge in [0.25, 0.3) is 5.91 Å². The van der Waals surface area contributed by atoms with Crippen LogP contribution in [0.25, 0.3) is 0 Å². The van der Waals surface area contributed by atoms with Gasteiger partial charge in [0, 0.05) is 24.7 Å². The lowest BCUT2D eigenvalue weighted by Crippen LogP contribution is -2.54. The average molecular weight is 371 g/mol. The normalized spacial score (nSPS) is 19.1. The maximum absolute atomic E-state index is 12.9. The van der Waals surface area contributed by atoms with E-state index in [0.29, 0.717) is 43.4 Å². The van der Waals surface area contributed by atoms with Crippen LogP contribution in [0.3, 0.4) is 0 Å². The van der Waals surface area contributed by atoms with E-state index in [1.54, 1.807) is 6.07 Å². The van der Waals surface area contributed by atoms with E-state index >= 15 is 0 Å². The quantitative estimate of drug-likeness (QED) is 0.832. The summed E-state index contributed by atoms with van der Waals surface area (Å²) in [4.78, 5) is 14.8. The van der Waals surface area contributed by atoms with Crippen molar-refractivity contribution < 1.29 is 14.3 Å². The molecule has 6 heteroatoms. The Bertz CT molecular complexity index is 578. The molecular weight excluding hydrogens is 340 g/mol. The fourth-order valence-electron chi connectivity index (χ4n) is 2.97. The molecule has 1 saturated heterocycles. The van der Waals surface area contributed by atoms with Gasteiger partial charge >= 0.3 is 0 Å². The third kappa shape index (κ3) is 5.25. The van der Waals surface area contributed by atoms with Crippen LogP contribution in [-0.2, 0) is 0 Å². The zero-order chi connectivity index (χ0) is 17.7. The van der Waals surface area contributed by atoms with Crippen molar-refractivity contribution >= 4 is 18.3 Å². The van der Waals surface area contributed by atoms with Gasteiger partial charge in [0.05, 0.1) is 13.2 Å². The Hall–Kier alpha value is -1.46. The zero-order valence-corrected chi connectivity index (χ0v) is 16.5. The molecule has 0 bridgehead atoms. The third-order valence-corrected chi connectivity index (χ3v) is 4.55. The smallest absolute Gasteiger partial charge is 0.254 e. The molecule has 1 amide bonds. The number of nitrogens with zero attached hydrogens (tertiary/aromatic N) is 1. The maximum atomic E-state index is 12.9. The Morgan fingerprint density at radius 2 is 2.00 bits per heavy atom. The average Bonchev–Trinajstić information content (AvgIpc) is 2.55. The number of amides is 1. The number of carbonyl (C=O) groups is 1. The topological polar surface area (TPSA) is 64.8 Å². The van der Waals surface area contributed by atoms with Crippen molar-refractivity contribution in [2.75, 3.05) is 26.3 Å². The van der Waals surface area contributed by atoms with Gasteiger partial charge in [0.2, 0.25) is 0 Å². The Morgan fingerprint density at radius 3 is 2.60 bits per heavy atom. The fourth-order valence-corrected chi connectivity index (χ4v) is 2.97. The molecule has 0 spiro atoms. The molecule has 25 heavy (non-hydrogen) atoms. The fraction of sp³-hybridized carbons (Fsp3) is 0.632. The highest BCUT2D eigenvalue weighted by Crippen LogP contribution is 2.32. The number of hydrogen-bond acceptors (Lipinski definition) is 4. The molecule has 0 aromatic heterocycles. The summed E-state index contributed by atoms with van der Waals surface area (Å²) in [7, 11) is 0. The molecular formula is C19H31ClN2O3. The van der Waals surface area contributed by atoms with Crippen molar-refractivity contribution in [3.8, 4) is 11.5 Å². The van der Waals surface area contributed by atoms with E-state index in [2.05, 4.69) is 20.8 Å². The molecule has 0 saturated carbocycles. The molecule has 142 valence electrons. The number of halogens is 1. The minimum absolute atomic E-state index is 0. The summed E-state index contributed by atoms with van der Waals surface area (Å²) >= 11 is 0. The number of benzene rings is 1. The number of carbonyl (C=O) groups excluding carboxylic acids is 1. The van der Waals surface area contributed by atoms with Gasteiger partial charge in [-0.3, -0.25) is 4.79 Å². The van der Waals surface area contributed by atoms with Crippen molar-refractivity contribution in [3.05, 3.63) is 23.8 Å². The largest absolute Gasteiger partial charge is 0.490 e. The summed E-state index contributed by atoms with van der Waals surface area (Å²) in [6, 6.07) is 5.56. The van der Waals surface area contributed by atoms with Gasteiger partial charge in [-0.1, -0.05) is 20.8 Å². The number of nitrogens with two attached hydrogens (primary N) is 1. The van der Waals surface area contributed by atoms with Crippen LogP contribution in [0.4, 0.5) is 0 Å². The van der Waals surface area contributed by atoms with E-state index in [9.17, 15) is 4.79 Å². The first-order valence-corrected chi connectivity index (χ1v) is 8.83. The highest BCUT2D eigenvalue weighted by molar-refractivity contribution is 5.95. The first kappa shape index (κ1) is 21.6. The highest BCUT2D eigenvalue weighted by Gasteiger charge is 2.35. The van der Waals surface area contributed by atoms with Gasteiger partial charge in [0.15, 0.2) is 11.5 Å². The Balaban J connectivity index is 0.00000312. The molecule has 1 atom stereocenters. The second-order valence-corrected chi connectivity index (χ2v) is 7.05. The molecule has 1 aliphatic rings. The molecule has 0 aliphatic carbocycles. The van der Waals surface area contributed by atoms with Gasteiger partial charge in [-0.2, -0.15) is 0 Å². The second kappa shape index (κ2) is 9.30. The van der Waals surface area contributed by atoms with Crippen LogP contribution >= 0.6 is 12.4 Å². The molecule has 2 N–H and O–H groups in total. The summed E-state index contributed by atoms with van der Waals surface area (Å²) in [5.41, 5.74) is 6.73. The molecule has 2 rings (SSSR count).